The van der Waals surface area contributed by atoms with Crippen LogP contribution in [-0.2, 0) is 6.42 Å². The third-order valence-electron chi connectivity index (χ3n) is 3.19. The van der Waals surface area contributed by atoms with Crippen LogP contribution in [0.2, 0.25) is 0 Å². The molecule has 0 spiro atoms. The SMILES string of the molecule is CC(C)n1ccc(CC(C)(O)C2CC2)n1. The van der Waals surface area contributed by atoms with Gasteiger partial charge in [0.2, 0.25) is 0 Å². The molecular weight excluding hydrogens is 188 g/mol. The van der Waals surface area contributed by atoms with Gasteiger partial charge in [0.05, 0.1) is 11.3 Å². The molecular formula is C12H20N2O. The van der Waals surface area contributed by atoms with Gasteiger partial charge in [-0.25, -0.2) is 0 Å². The number of hydrogen-bond donors (Lipinski definition) is 1. The Morgan fingerprint density at radius 1 is 1.60 bits per heavy atom. The van der Waals surface area contributed by atoms with Gasteiger partial charge >= 0.3 is 0 Å². The lowest BCUT2D eigenvalue weighted by atomic mass is 9.95. The quantitative estimate of drug-likeness (QED) is 0.823. The second kappa shape index (κ2) is 3.63. The number of nitrogens with zero attached hydrogens (tertiary/aromatic N) is 2. The molecule has 1 heterocycles. The minimum absolute atomic E-state index is 0.393. The van der Waals surface area contributed by atoms with Gasteiger partial charge in [0.15, 0.2) is 0 Å². The molecule has 0 saturated heterocycles. The van der Waals surface area contributed by atoms with Crippen molar-refractivity contribution < 1.29 is 5.11 Å². The van der Waals surface area contributed by atoms with Crippen LogP contribution in [0.4, 0.5) is 0 Å². The third-order valence-corrected chi connectivity index (χ3v) is 3.19. The van der Waals surface area contributed by atoms with Crippen LogP contribution in [0.25, 0.3) is 0 Å². The summed E-state index contributed by atoms with van der Waals surface area (Å²) in [6, 6.07) is 2.40. The summed E-state index contributed by atoms with van der Waals surface area (Å²) < 4.78 is 1.94. The first-order valence-corrected chi connectivity index (χ1v) is 5.75. The minimum Gasteiger partial charge on any atom is -0.389 e. The summed E-state index contributed by atoms with van der Waals surface area (Å²) in [5, 5.41) is 14.7. The second-order valence-electron chi connectivity index (χ2n) is 5.19. The van der Waals surface area contributed by atoms with E-state index in [-0.39, 0.29) is 0 Å². The second-order valence-corrected chi connectivity index (χ2v) is 5.19. The van der Waals surface area contributed by atoms with Crippen molar-refractivity contribution in [1.29, 1.82) is 0 Å². The Morgan fingerprint density at radius 3 is 2.73 bits per heavy atom. The first-order valence-electron chi connectivity index (χ1n) is 5.75. The molecule has 1 aromatic heterocycles. The van der Waals surface area contributed by atoms with Crippen molar-refractivity contribution in [2.75, 3.05) is 0 Å². The van der Waals surface area contributed by atoms with Gasteiger partial charge in [-0.05, 0) is 45.6 Å². The van der Waals surface area contributed by atoms with Crippen LogP contribution in [0.15, 0.2) is 12.3 Å². The van der Waals surface area contributed by atoms with Crippen molar-refractivity contribution in [2.24, 2.45) is 5.92 Å². The fraction of sp³-hybridized carbons (Fsp3) is 0.750. The molecule has 3 heteroatoms. The maximum absolute atomic E-state index is 10.2. The molecule has 1 aromatic rings. The molecule has 1 fully saturated rings. The van der Waals surface area contributed by atoms with E-state index in [1.807, 2.05) is 23.9 Å². The maximum atomic E-state index is 10.2. The van der Waals surface area contributed by atoms with Gasteiger partial charge < -0.3 is 5.11 Å². The molecule has 2 rings (SSSR count). The van der Waals surface area contributed by atoms with Gasteiger partial charge in [-0.2, -0.15) is 5.10 Å². The lowest BCUT2D eigenvalue weighted by Gasteiger charge is -2.21. The van der Waals surface area contributed by atoms with E-state index in [4.69, 9.17) is 0 Å². The smallest absolute Gasteiger partial charge is 0.0703 e. The summed E-state index contributed by atoms with van der Waals surface area (Å²) in [5.74, 6) is 0.488. The Labute approximate surface area is 91.1 Å². The van der Waals surface area contributed by atoms with Gasteiger partial charge in [-0.1, -0.05) is 0 Å². The van der Waals surface area contributed by atoms with E-state index in [0.29, 0.717) is 18.4 Å². The number of rotatable bonds is 4. The predicted octanol–water partition coefficient (Wildman–Crippen LogP) is 2.17. The van der Waals surface area contributed by atoms with E-state index in [1.165, 1.54) is 0 Å². The summed E-state index contributed by atoms with van der Waals surface area (Å²) in [5.41, 5.74) is 0.441. The summed E-state index contributed by atoms with van der Waals surface area (Å²) in [7, 11) is 0. The zero-order chi connectivity index (χ0) is 11.1. The first-order chi connectivity index (χ1) is 6.99. The van der Waals surface area contributed by atoms with E-state index >= 15 is 0 Å². The van der Waals surface area contributed by atoms with E-state index in [2.05, 4.69) is 18.9 Å². The highest BCUT2D eigenvalue weighted by Crippen LogP contribution is 2.40. The zero-order valence-corrected chi connectivity index (χ0v) is 9.77. The summed E-state index contributed by atoms with van der Waals surface area (Å²) in [6.07, 6.45) is 5.00. The fourth-order valence-electron chi connectivity index (χ4n) is 1.98. The van der Waals surface area contributed by atoms with E-state index in [9.17, 15) is 5.11 Å². The van der Waals surface area contributed by atoms with Crippen molar-refractivity contribution >= 4 is 0 Å². The fourth-order valence-corrected chi connectivity index (χ4v) is 1.98. The van der Waals surface area contributed by atoms with E-state index in [0.717, 1.165) is 18.5 Å². The molecule has 0 amide bonds. The summed E-state index contributed by atoms with van der Waals surface area (Å²) in [4.78, 5) is 0. The van der Waals surface area contributed by atoms with Gasteiger partial charge in [-0.15, -0.1) is 0 Å². The lowest BCUT2D eigenvalue weighted by molar-refractivity contribution is 0.0361. The molecule has 1 unspecified atom stereocenters. The molecule has 1 saturated carbocycles. The van der Waals surface area contributed by atoms with Crippen LogP contribution in [-0.4, -0.2) is 20.5 Å². The molecule has 15 heavy (non-hydrogen) atoms. The van der Waals surface area contributed by atoms with Crippen LogP contribution in [0.5, 0.6) is 0 Å². The van der Waals surface area contributed by atoms with Crippen LogP contribution in [0.3, 0.4) is 0 Å². The third kappa shape index (κ3) is 2.40. The molecule has 1 aliphatic rings. The Hall–Kier alpha value is -0.830. The zero-order valence-electron chi connectivity index (χ0n) is 9.77. The summed E-state index contributed by atoms with van der Waals surface area (Å²) >= 11 is 0. The van der Waals surface area contributed by atoms with Crippen LogP contribution in [0, 0.1) is 5.92 Å². The molecule has 1 aliphatic carbocycles. The van der Waals surface area contributed by atoms with Crippen molar-refractivity contribution in [3.63, 3.8) is 0 Å². The molecule has 1 N–H and O–H groups in total. The van der Waals surface area contributed by atoms with Crippen molar-refractivity contribution in [3.8, 4) is 0 Å². The molecule has 0 bridgehead atoms. The topological polar surface area (TPSA) is 38.0 Å². The van der Waals surface area contributed by atoms with Crippen molar-refractivity contribution in [1.82, 2.24) is 9.78 Å². The van der Waals surface area contributed by atoms with Crippen LogP contribution < -0.4 is 0 Å². The average molecular weight is 208 g/mol. The maximum Gasteiger partial charge on any atom is 0.0703 e. The Balaban J connectivity index is 2.03. The Kier molecular flexibility index (Phi) is 2.59. The average Bonchev–Trinajstić information content (AvgIpc) is 2.88. The number of aliphatic hydroxyl groups is 1. The lowest BCUT2D eigenvalue weighted by Crippen LogP contribution is -2.30. The highest BCUT2D eigenvalue weighted by molar-refractivity contribution is 5.06. The summed E-state index contributed by atoms with van der Waals surface area (Å²) in [6.45, 7) is 6.14. The molecule has 3 nitrogen and oxygen atoms in total. The highest BCUT2D eigenvalue weighted by atomic mass is 16.3. The highest BCUT2D eigenvalue weighted by Gasteiger charge is 2.40. The predicted molar refractivity (Wildman–Crippen MR) is 59.7 cm³/mol. The van der Waals surface area contributed by atoms with Gasteiger partial charge in [0.1, 0.15) is 0 Å². The molecule has 0 aromatic carbocycles. The largest absolute Gasteiger partial charge is 0.389 e. The van der Waals surface area contributed by atoms with Gasteiger partial charge in [-0.3, -0.25) is 4.68 Å². The van der Waals surface area contributed by atoms with Crippen molar-refractivity contribution in [2.45, 2.75) is 51.7 Å². The monoisotopic (exact) mass is 208 g/mol. The van der Waals surface area contributed by atoms with Crippen LogP contribution in [0.1, 0.15) is 45.3 Å². The standard InChI is InChI=1S/C12H20N2O/c1-9(2)14-7-6-11(13-14)8-12(3,15)10-4-5-10/h6-7,9-10,15H,4-5,8H2,1-3H3. The van der Waals surface area contributed by atoms with Crippen LogP contribution >= 0.6 is 0 Å². The first kappa shape index (κ1) is 10.7. The van der Waals surface area contributed by atoms with Crippen molar-refractivity contribution in [3.05, 3.63) is 18.0 Å². The van der Waals surface area contributed by atoms with Gasteiger partial charge in [0.25, 0.3) is 0 Å². The molecule has 1 atom stereocenters. The molecule has 84 valence electrons. The molecule has 0 aliphatic heterocycles. The molecule has 0 radical (unpaired) electrons. The normalized spacial score (nSPS) is 20.6. The van der Waals surface area contributed by atoms with E-state index < -0.39 is 5.60 Å². The minimum atomic E-state index is -0.559. The van der Waals surface area contributed by atoms with E-state index in [1.54, 1.807) is 0 Å². The number of aromatic nitrogens is 2. The Bertz CT molecular complexity index is 337. The number of hydrogen-bond acceptors (Lipinski definition) is 2. The van der Waals surface area contributed by atoms with Gasteiger partial charge in [0, 0.05) is 18.7 Å². The Morgan fingerprint density at radius 2 is 2.27 bits per heavy atom.